The molecule has 0 aliphatic heterocycles. The lowest BCUT2D eigenvalue weighted by Crippen LogP contribution is -2.12. The minimum absolute atomic E-state index is 0.0885. The molecule has 8 heavy (non-hydrogen) atoms. The van der Waals surface area contributed by atoms with E-state index in [1.807, 2.05) is 13.8 Å². The molecule has 0 aromatic heterocycles. The SMILES string of the molecule is CC(C)=CC(F)CN. The van der Waals surface area contributed by atoms with Crippen molar-refractivity contribution in [1.29, 1.82) is 0 Å². The first kappa shape index (κ1) is 7.63. The van der Waals surface area contributed by atoms with Crippen LogP contribution in [-0.4, -0.2) is 12.7 Å². The van der Waals surface area contributed by atoms with Crippen LogP contribution in [0.1, 0.15) is 13.8 Å². The van der Waals surface area contributed by atoms with E-state index in [9.17, 15) is 4.39 Å². The molecule has 0 rings (SSSR count). The van der Waals surface area contributed by atoms with Crippen LogP contribution in [0.5, 0.6) is 0 Å². The maximum Gasteiger partial charge on any atom is 0.131 e. The van der Waals surface area contributed by atoms with Gasteiger partial charge in [0, 0.05) is 6.54 Å². The van der Waals surface area contributed by atoms with Gasteiger partial charge in [0.15, 0.2) is 0 Å². The zero-order chi connectivity index (χ0) is 6.57. The molecular formula is C6H12FN. The van der Waals surface area contributed by atoms with Crippen LogP contribution < -0.4 is 5.73 Å². The Kier molecular flexibility index (Phi) is 3.44. The first-order chi connectivity index (χ1) is 3.66. The second kappa shape index (κ2) is 3.61. The molecule has 0 amide bonds. The molecule has 0 aromatic rings. The predicted molar refractivity (Wildman–Crippen MR) is 33.4 cm³/mol. The standard InChI is InChI=1S/C6H12FN/c1-5(2)3-6(7)4-8/h3,6H,4,8H2,1-2H3. The van der Waals surface area contributed by atoms with Crippen LogP contribution >= 0.6 is 0 Å². The van der Waals surface area contributed by atoms with Gasteiger partial charge >= 0.3 is 0 Å². The average molecular weight is 117 g/mol. The Labute approximate surface area is 49.4 Å². The smallest absolute Gasteiger partial charge is 0.131 e. The highest BCUT2D eigenvalue weighted by Crippen LogP contribution is 1.95. The summed E-state index contributed by atoms with van der Waals surface area (Å²) in [5.74, 6) is 0. The van der Waals surface area contributed by atoms with E-state index >= 15 is 0 Å². The average Bonchev–Trinajstić information content (AvgIpc) is 1.65. The highest BCUT2D eigenvalue weighted by molar-refractivity contribution is 4.98. The molecule has 0 spiro atoms. The molecule has 0 aliphatic rings. The number of allylic oxidation sites excluding steroid dienone is 1. The van der Waals surface area contributed by atoms with Gasteiger partial charge in [-0.05, 0) is 13.8 Å². The Morgan fingerprint density at radius 2 is 2.25 bits per heavy atom. The third-order valence-corrected chi connectivity index (χ3v) is 0.739. The van der Waals surface area contributed by atoms with Gasteiger partial charge in [-0.2, -0.15) is 0 Å². The summed E-state index contributed by atoms with van der Waals surface area (Å²) in [7, 11) is 0. The quantitative estimate of drug-likeness (QED) is 0.541. The molecule has 0 heterocycles. The Morgan fingerprint density at radius 3 is 2.38 bits per heavy atom. The van der Waals surface area contributed by atoms with Crippen LogP contribution in [0.3, 0.4) is 0 Å². The van der Waals surface area contributed by atoms with Crippen molar-refractivity contribution in [3.05, 3.63) is 11.6 Å². The van der Waals surface area contributed by atoms with Crippen LogP contribution in [0.2, 0.25) is 0 Å². The van der Waals surface area contributed by atoms with Gasteiger partial charge in [-0.25, -0.2) is 4.39 Å². The topological polar surface area (TPSA) is 26.0 Å². The summed E-state index contributed by atoms with van der Waals surface area (Å²) in [4.78, 5) is 0. The van der Waals surface area contributed by atoms with Gasteiger partial charge in [-0.1, -0.05) is 11.6 Å². The molecule has 1 unspecified atom stereocenters. The number of hydrogen-bond acceptors (Lipinski definition) is 1. The number of alkyl halides is 1. The van der Waals surface area contributed by atoms with Gasteiger partial charge in [0.1, 0.15) is 6.17 Å². The van der Waals surface area contributed by atoms with Crippen LogP contribution in [0.25, 0.3) is 0 Å². The highest BCUT2D eigenvalue weighted by Gasteiger charge is 1.94. The second-order valence-corrected chi connectivity index (χ2v) is 2.00. The second-order valence-electron chi connectivity index (χ2n) is 2.00. The van der Waals surface area contributed by atoms with Crippen molar-refractivity contribution < 1.29 is 4.39 Å². The Bertz CT molecular complexity index is 84.5. The van der Waals surface area contributed by atoms with Crippen molar-refractivity contribution in [1.82, 2.24) is 0 Å². The van der Waals surface area contributed by atoms with E-state index in [-0.39, 0.29) is 6.54 Å². The normalized spacial score (nSPS) is 13.0. The van der Waals surface area contributed by atoms with Crippen molar-refractivity contribution in [3.63, 3.8) is 0 Å². The Balaban J connectivity index is 3.51. The van der Waals surface area contributed by atoms with Gasteiger partial charge in [0.05, 0.1) is 0 Å². The number of nitrogens with two attached hydrogens (primary N) is 1. The van der Waals surface area contributed by atoms with Gasteiger partial charge in [-0.15, -0.1) is 0 Å². The summed E-state index contributed by atoms with van der Waals surface area (Å²) in [6, 6.07) is 0. The van der Waals surface area contributed by atoms with Crippen LogP contribution in [-0.2, 0) is 0 Å². The third kappa shape index (κ3) is 3.81. The molecule has 1 nitrogen and oxygen atoms in total. The Hall–Kier alpha value is -0.370. The number of hydrogen-bond donors (Lipinski definition) is 1. The van der Waals surface area contributed by atoms with E-state index in [2.05, 4.69) is 0 Å². The Morgan fingerprint density at radius 1 is 1.75 bits per heavy atom. The highest BCUT2D eigenvalue weighted by atomic mass is 19.1. The van der Waals surface area contributed by atoms with E-state index in [0.717, 1.165) is 5.57 Å². The maximum absolute atomic E-state index is 12.2. The van der Waals surface area contributed by atoms with Crippen molar-refractivity contribution in [3.8, 4) is 0 Å². The van der Waals surface area contributed by atoms with E-state index < -0.39 is 6.17 Å². The zero-order valence-electron chi connectivity index (χ0n) is 5.32. The monoisotopic (exact) mass is 117 g/mol. The number of rotatable bonds is 2. The van der Waals surface area contributed by atoms with Crippen LogP contribution in [0.15, 0.2) is 11.6 Å². The third-order valence-electron chi connectivity index (χ3n) is 0.739. The lowest BCUT2D eigenvalue weighted by molar-refractivity contribution is 0.407. The van der Waals surface area contributed by atoms with E-state index in [1.165, 1.54) is 6.08 Å². The van der Waals surface area contributed by atoms with E-state index in [1.54, 1.807) is 0 Å². The van der Waals surface area contributed by atoms with Gasteiger partial charge in [0.2, 0.25) is 0 Å². The van der Waals surface area contributed by atoms with Crippen molar-refractivity contribution in [2.24, 2.45) is 5.73 Å². The van der Waals surface area contributed by atoms with Crippen molar-refractivity contribution >= 4 is 0 Å². The largest absolute Gasteiger partial charge is 0.327 e. The van der Waals surface area contributed by atoms with Gasteiger partial charge in [-0.3, -0.25) is 0 Å². The zero-order valence-corrected chi connectivity index (χ0v) is 5.32. The molecule has 0 aliphatic carbocycles. The lowest BCUT2D eigenvalue weighted by atomic mass is 10.2. The van der Waals surface area contributed by atoms with Crippen LogP contribution in [0, 0.1) is 0 Å². The van der Waals surface area contributed by atoms with Crippen molar-refractivity contribution in [2.75, 3.05) is 6.54 Å². The molecule has 0 fully saturated rings. The molecule has 1 atom stereocenters. The molecule has 0 saturated heterocycles. The molecule has 0 radical (unpaired) electrons. The van der Waals surface area contributed by atoms with Crippen LogP contribution in [0.4, 0.5) is 4.39 Å². The molecule has 0 aromatic carbocycles. The van der Waals surface area contributed by atoms with Gasteiger partial charge in [0.25, 0.3) is 0 Å². The fourth-order valence-electron chi connectivity index (χ4n) is 0.430. The summed E-state index contributed by atoms with van der Waals surface area (Å²) in [5, 5.41) is 0. The van der Waals surface area contributed by atoms with E-state index in [0.29, 0.717) is 0 Å². The molecule has 0 saturated carbocycles. The molecule has 0 bridgehead atoms. The minimum atomic E-state index is -0.958. The maximum atomic E-state index is 12.2. The molecular weight excluding hydrogens is 105 g/mol. The summed E-state index contributed by atoms with van der Waals surface area (Å²) < 4.78 is 12.2. The minimum Gasteiger partial charge on any atom is -0.327 e. The summed E-state index contributed by atoms with van der Waals surface area (Å²) in [5.41, 5.74) is 5.98. The van der Waals surface area contributed by atoms with E-state index in [4.69, 9.17) is 5.73 Å². The predicted octanol–water partition coefficient (Wildman–Crippen LogP) is 1.25. The van der Waals surface area contributed by atoms with Gasteiger partial charge < -0.3 is 5.73 Å². The first-order valence-electron chi connectivity index (χ1n) is 2.66. The molecule has 48 valence electrons. The number of halogens is 1. The molecule has 2 heteroatoms. The molecule has 2 N–H and O–H groups in total. The van der Waals surface area contributed by atoms with Crippen molar-refractivity contribution in [2.45, 2.75) is 20.0 Å². The lowest BCUT2D eigenvalue weighted by Gasteiger charge is -1.95. The summed E-state index contributed by atoms with van der Waals surface area (Å²) >= 11 is 0. The fourth-order valence-corrected chi connectivity index (χ4v) is 0.430. The summed E-state index contributed by atoms with van der Waals surface area (Å²) in [6.45, 7) is 3.79. The fraction of sp³-hybridized carbons (Fsp3) is 0.667. The summed E-state index contributed by atoms with van der Waals surface area (Å²) in [6.07, 6.45) is 0.556. The first-order valence-corrected chi connectivity index (χ1v) is 2.66.